The molecule has 0 radical (unpaired) electrons. The van der Waals surface area contributed by atoms with Crippen LogP contribution in [0.3, 0.4) is 0 Å². The lowest BCUT2D eigenvalue weighted by Crippen LogP contribution is -2.12. The van der Waals surface area contributed by atoms with Gasteiger partial charge in [0.05, 0.1) is 6.42 Å². The number of rotatable bonds is 5. The van der Waals surface area contributed by atoms with E-state index in [0.717, 1.165) is 0 Å². The Morgan fingerprint density at radius 1 is 0.917 bits per heavy atom. The standard InChI is InChI=1S/C19H14FNO3/c20-17-6-2-1-5-14(17)13-19(22)24-16-10-8-15(9-11-16)23-18-7-3-4-12-21-18/h1-12H,13H2. The Labute approximate surface area is 138 Å². The Hall–Kier alpha value is -3.21. The van der Waals surface area contributed by atoms with Gasteiger partial charge in [0.25, 0.3) is 0 Å². The van der Waals surface area contributed by atoms with Crippen LogP contribution in [0.25, 0.3) is 0 Å². The molecule has 5 heteroatoms. The molecule has 4 nitrogen and oxygen atoms in total. The number of carbonyl (C=O) groups excluding carboxylic acids is 1. The van der Waals surface area contributed by atoms with Crippen molar-refractivity contribution in [2.45, 2.75) is 6.42 Å². The monoisotopic (exact) mass is 323 g/mol. The number of benzene rings is 2. The van der Waals surface area contributed by atoms with Crippen molar-refractivity contribution in [3.8, 4) is 17.4 Å². The number of esters is 1. The average molecular weight is 323 g/mol. The van der Waals surface area contributed by atoms with E-state index in [1.54, 1.807) is 60.8 Å². The van der Waals surface area contributed by atoms with E-state index in [-0.39, 0.29) is 6.42 Å². The van der Waals surface area contributed by atoms with E-state index in [9.17, 15) is 9.18 Å². The highest BCUT2D eigenvalue weighted by molar-refractivity contribution is 5.75. The van der Waals surface area contributed by atoms with Crippen molar-refractivity contribution < 1.29 is 18.7 Å². The van der Waals surface area contributed by atoms with E-state index in [1.165, 1.54) is 6.07 Å². The van der Waals surface area contributed by atoms with Crippen LogP contribution >= 0.6 is 0 Å². The smallest absolute Gasteiger partial charge is 0.315 e. The normalized spacial score (nSPS) is 10.2. The van der Waals surface area contributed by atoms with Gasteiger partial charge in [-0.15, -0.1) is 0 Å². The second-order valence-electron chi connectivity index (χ2n) is 4.98. The maximum absolute atomic E-state index is 13.5. The van der Waals surface area contributed by atoms with Crippen molar-refractivity contribution in [1.82, 2.24) is 4.98 Å². The molecule has 2 aromatic carbocycles. The van der Waals surface area contributed by atoms with Crippen LogP contribution in [0.15, 0.2) is 72.9 Å². The van der Waals surface area contributed by atoms with Gasteiger partial charge in [-0.2, -0.15) is 0 Å². The number of ether oxygens (including phenoxy) is 2. The Bertz CT molecular complexity index is 820. The van der Waals surface area contributed by atoms with E-state index < -0.39 is 11.8 Å². The van der Waals surface area contributed by atoms with Gasteiger partial charge in [0.2, 0.25) is 5.88 Å². The van der Waals surface area contributed by atoms with Crippen LogP contribution in [0.1, 0.15) is 5.56 Å². The summed E-state index contributed by atoms with van der Waals surface area (Å²) in [4.78, 5) is 15.9. The van der Waals surface area contributed by atoms with Gasteiger partial charge < -0.3 is 9.47 Å². The van der Waals surface area contributed by atoms with E-state index >= 15 is 0 Å². The highest BCUT2D eigenvalue weighted by Gasteiger charge is 2.10. The molecule has 0 aliphatic heterocycles. The molecule has 0 fully saturated rings. The minimum atomic E-state index is -0.529. The topological polar surface area (TPSA) is 48.4 Å². The molecule has 0 N–H and O–H groups in total. The van der Waals surface area contributed by atoms with Gasteiger partial charge in [0.1, 0.15) is 17.3 Å². The molecule has 1 heterocycles. The number of nitrogens with zero attached hydrogens (tertiary/aromatic N) is 1. The van der Waals surface area contributed by atoms with Crippen LogP contribution in [0.2, 0.25) is 0 Å². The third kappa shape index (κ3) is 4.16. The van der Waals surface area contributed by atoms with Gasteiger partial charge in [0, 0.05) is 12.3 Å². The summed E-state index contributed by atoms with van der Waals surface area (Å²) < 4.78 is 24.3. The SMILES string of the molecule is O=C(Cc1ccccc1F)Oc1ccc(Oc2ccccn2)cc1. The summed E-state index contributed by atoms with van der Waals surface area (Å²) in [6, 6.07) is 18.0. The van der Waals surface area contributed by atoms with Crippen LogP contribution in [-0.2, 0) is 11.2 Å². The second-order valence-corrected chi connectivity index (χ2v) is 4.98. The zero-order valence-electron chi connectivity index (χ0n) is 12.7. The lowest BCUT2D eigenvalue weighted by Gasteiger charge is -2.07. The summed E-state index contributed by atoms with van der Waals surface area (Å²) in [6.07, 6.45) is 1.51. The average Bonchev–Trinajstić information content (AvgIpc) is 2.60. The summed E-state index contributed by atoms with van der Waals surface area (Å²) in [5.74, 6) is 0.459. The molecule has 0 atom stereocenters. The van der Waals surface area contributed by atoms with Crippen molar-refractivity contribution in [2.24, 2.45) is 0 Å². The van der Waals surface area contributed by atoms with Crippen molar-refractivity contribution >= 4 is 5.97 Å². The van der Waals surface area contributed by atoms with Crippen molar-refractivity contribution in [3.63, 3.8) is 0 Å². The Morgan fingerprint density at radius 2 is 1.62 bits per heavy atom. The largest absolute Gasteiger partial charge is 0.439 e. The summed E-state index contributed by atoms with van der Waals surface area (Å²) >= 11 is 0. The first-order valence-electron chi connectivity index (χ1n) is 7.34. The predicted molar refractivity (Wildman–Crippen MR) is 86.5 cm³/mol. The Morgan fingerprint density at radius 3 is 2.33 bits per heavy atom. The lowest BCUT2D eigenvalue weighted by molar-refractivity contribution is -0.133. The van der Waals surface area contributed by atoms with E-state index in [1.807, 2.05) is 6.07 Å². The van der Waals surface area contributed by atoms with Crippen molar-refractivity contribution in [3.05, 3.63) is 84.3 Å². The highest BCUT2D eigenvalue weighted by Crippen LogP contribution is 2.22. The number of hydrogen-bond donors (Lipinski definition) is 0. The molecule has 0 spiro atoms. The molecule has 0 amide bonds. The van der Waals surface area contributed by atoms with Crippen molar-refractivity contribution in [2.75, 3.05) is 0 Å². The zero-order valence-corrected chi connectivity index (χ0v) is 12.7. The minimum absolute atomic E-state index is 0.126. The first-order chi connectivity index (χ1) is 11.7. The molecule has 0 saturated carbocycles. The second kappa shape index (κ2) is 7.37. The van der Waals surface area contributed by atoms with Gasteiger partial charge in [-0.3, -0.25) is 4.79 Å². The molecule has 0 aliphatic carbocycles. The molecule has 3 rings (SSSR count). The summed E-state index contributed by atoms with van der Waals surface area (Å²) in [5.41, 5.74) is 0.303. The summed E-state index contributed by atoms with van der Waals surface area (Å²) in [7, 11) is 0. The molecule has 1 aromatic heterocycles. The lowest BCUT2D eigenvalue weighted by atomic mass is 10.1. The maximum Gasteiger partial charge on any atom is 0.315 e. The first-order valence-corrected chi connectivity index (χ1v) is 7.34. The Kier molecular flexibility index (Phi) is 4.81. The minimum Gasteiger partial charge on any atom is -0.439 e. The van der Waals surface area contributed by atoms with Crippen LogP contribution < -0.4 is 9.47 Å². The number of halogens is 1. The van der Waals surface area contributed by atoms with Crippen LogP contribution in [0.4, 0.5) is 4.39 Å². The maximum atomic E-state index is 13.5. The first kappa shape index (κ1) is 15.7. The molecular weight excluding hydrogens is 309 g/mol. The van der Waals surface area contributed by atoms with E-state index in [4.69, 9.17) is 9.47 Å². The molecule has 120 valence electrons. The zero-order chi connectivity index (χ0) is 16.8. The van der Waals surface area contributed by atoms with Gasteiger partial charge in [-0.1, -0.05) is 24.3 Å². The van der Waals surface area contributed by atoms with Crippen LogP contribution in [0, 0.1) is 5.82 Å². The van der Waals surface area contributed by atoms with Crippen molar-refractivity contribution in [1.29, 1.82) is 0 Å². The third-order valence-corrected chi connectivity index (χ3v) is 3.21. The molecule has 0 bridgehead atoms. The summed E-state index contributed by atoms with van der Waals surface area (Å²) in [5, 5.41) is 0. The number of aromatic nitrogens is 1. The highest BCUT2D eigenvalue weighted by atomic mass is 19.1. The van der Waals surface area contributed by atoms with E-state index in [2.05, 4.69) is 4.98 Å². The molecule has 24 heavy (non-hydrogen) atoms. The van der Waals surface area contributed by atoms with Gasteiger partial charge in [0.15, 0.2) is 0 Å². The fourth-order valence-electron chi connectivity index (χ4n) is 2.07. The fraction of sp³-hybridized carbons (Fsp3) is 0.0526. The van der Waals surface area contributed by atoms with Gasteiger partial charge >= 0.3 is 5.97 Å². The molecule has 0 saturated heterocycles. The van der Waals surface area contributed by atoms with Gasteiger partial charge in [-0.25, -0.2) is 9.37 Å². The predicted octanol–water partition coefficient (Wildman–Crippen LogP) is 4.16. The number of carbonyl (C=O) groups is 1. The van der Waals surface area contributed by atoms with Crippen LogP contribution in [0.5, 0.6) is 17.4 Å². The van der Waals surface area contributed by atoms with Gasteiger partial charge in [-0.05, 0) is 42.0 Å². The number of pyridine rings is 1. The Balaban J connectivity index is 1.60. The fourth-order valence-corrected chi connectivity index (χ4v) is 2.07. The number of hydrogen-bond acceptors (Lipinski definition) is 4. The summed E-state index contributed by atoms with van der Waals surface area (Å²) in [6.45, 7) is 0. The molecule has 3 aromatic rings. The molecule has 0 unspecified atom stereocenters. The van der Waals surface area contributed by atoms with Crippen LogP contribution in [-0.4, -0.2) is 11.0 Å². The molecule has 0 aliphatic rings. The van der Waals surface area contributed by atoms with E-state index in [0.29, 0.717) is 22.9 Å². The third-order valence-electron chi connectivity index (χ3n) is 3.21. The quantitative estimate of drug-likeness (QED) is 0.522. The molecular formula is C19H14FNO3.